The summed E-state index contributed by atoms with van der Waals surface area (Å²) in [6, 6.07) is 2.59. The summed E-state index contributed by atoms with van der Waals surface area (Å²) in [7, 11) is 1.48. The maximum absolute atomic E-state index is 13.9. The van der Waals surface area contributed by atoms with Crippen LogP contribution in [0.4, 0.5) is 0 Å². The van der Waals surface area contributed by atoms with E-state index in [0.717, 1.165) is 64.1 Å². The van der Waals surface area contributed by atoms with E-state index in [0.29, 0.717) is 38.5 Å². The summed E-state index contributed by atoms with van der Waals surface area (Å²) in [6.07, 6.45) is 10.3. The third-order valence-electron chi connectivity index (χ3n) is 8.41. The molecule has 0 aromatic heterocycles. The van der Waals surface area contributed by atoms with Gasteiger partial charge in [-0.2, -0.15) is 0 Å². The molecule has 40 heavy (non-hydrogen) atoms. The Balaban J connectivity index is 1.69. The van der Waals surface area contributed by atoms with Crippen LogP contribution in [0.1, 0.15) is 81.0 Å². The molecule has 2 amide bonds. The number of rotatable bonds is 11. The highest BCUT2D eigenvalue weighted by Crippen LogP contribution is 2.38. The first-order valence-corrected chi connectivity index (χ1v) is 15.5. The van der Waals surface area contributed by atoms with Crippen LogP contribution in [0.25, 0.3) is 0 Å². The van der Waals surface area contributed by atoms with E-state index in [4.69, 9.17) is 9.47 Å². The van der Waals surface area contributed by atoms with E-state index in [1.54, 1.807) is 18.2 Å². The van der Waals surface area contributed by atoms with Crippen LogP contribution in [0.5, 0.6) is 11.5 Å². The minimum Gasteiger partial charge on any atom is -0.493 e. The molecule has 0 bridgehead atoms. The maximum atomic E-state index is 13.9. The number of aliphatic hydroxyl groups excluding tert-OH is 2. The summed E-state index contributed by atoms with van der Waals surface area (Å²) in [5.74, 6) is 0.734. The molecule has 220 valence electrons. The fourth-order valence-electron chi connectivity index (χ4n) is 6.39. The number of carbonyl (C=O) groups is 3. The minimum absolute atomic E-state index is 0.00403. The van der Waals surface area contributed by atoms with Crippen molar-refractivity contribution in [2.45, 2.75) is 94.9 Å². The Hall–Kier alpha value is -2.18. The van der Waals surface area contributed by atoms with E-state index in [2.05, 4.69) is 27.9 Å². The number of ether oxygens (including phenoxy) is 2. The Morgan fingerprint density at radius 3 is 2.48 bits per heavy atom. The lowest BCUT2D eigenvalue weighted by Crippen LogP contribution is -2.58. The van der Waals surface area contributed by atoms with Crippen molar-refractivity contribution in [1.29, 1.82) is 0 Å². The number of nitrogens with zero attached hydrogens (tertiary/aromatic N) is 1. The molecule has 0 spiro atoms. The molecule has 3 atom stereocenters. The maximum Gasteiger partial charge on any atom is 0.247 e. The molecule has 3 aliphatic rings. The molecule has 10 heteroatoms. The highest BCUT2D eigenvalue weighted by molar-refractivity contribution is 14.1. The number of methoxy groups -OCH3 is 1. The fraction of sp³-hybridized carbons (Fsp3) is 0.633. The van der Waals surface area contributed by atoms with E-state index < -0.39 is 18.2 Å². The molecular weight excluding hydrogens is 627 g/mol. The van der Waals surface area contributed by atoms with Crippen LogP contribution < -0.4 is 14.8 Å². The van der Waals surface area contributed by atoms with Crippen LogP contribution in [0.3, 0.4) is 0 Å². The van der Waals surface area contributed by atoms with Crippen LogP contribution in [0.15, 0.2) is 23.8 Å². The van der Waals surface area contributed by atoms with Gasteiger partial charge in [0.2, 0.25) is 11.8 Å². The van der Waals surface area contributed by atoms with Gasteiger partial charge < -0.3 is 29.9 Å². The van der Waals surface area contributed by atoms with Gasteiger partial charge in [0.05, 0.1) is 23.3 Å². The van der Waals surface area contributed by atoms with Gasteiger partial charge in [-0.05, 0) is 72.4 Å². The van der Waals surface area contributed by atoms with Gasteiger partial charge in [0.25, 0.3) is 0 Å². The van der Waals surface area contributed by atoms with Crippen LogP contribution in [0, 0.1) is 9.49 Å². The summed E-state index contributed by atoms with van der Waals surface area (Å²) in [4.78, 5) is 40.4. The number of aliphatic hydroxyl groups is 2. The second kappa shape index (κ2) is 14.6. The first-order valence-electron chi connectivity index (χ1n) is 14.4. The number of aldehydes is 1. The molecule has 1 aromatic carbocycles. The normalized spacial score (nSPS) is 23.8. The van der Waals surface area contributed by atoms with Gasteiger partial charge >= 0.3 is 0 Å². The molecule has 0 radical (unpaired) electrons. The largest absolute Gasteiger partial charge is 0.493 e. The average Bonchev–Trinajstić information content (AvgIpc) is 3.47. The van der Waals surface area contributed by atoms with Crippen molar-refractivity contribution in [2.24, 2.45) is 5.92 Å². The summed E-state index contributed by atoms with van der Waals surface area (Å²) in [6.45, 7) is -0.0989. The number of carbonyl (C=O) groups excluding carboxylic acids is 3. The predicted molar refractivity (Wildman–Crippen MR) is 158 cm³/mol. The fourth-order valence-corrected chi connectivity index (χ4v) is 7.14. The molecule has 2 saturated carbocycles. The van der Waals surface area contributed by atoms with E-state index in [1.807, 2.05) is 4.90 Å². The topological polar surface area (TPSA) is 125 Å². The van der Waals surface area contributed by atoms with E-state index in [1.165, 1.54) is 7.11 Å². The molecule has 0 unspecified atom stereocenters. The Morgan fingerprint density at radius 2 is 1.82 bits per heavy atom. The van der Waals surface area contributed by atoms with Gasteiger partial charge in [0.1, 0.15) is 18.5 Å². The molecule has 0 heterocycles. The summed E-state index contributed by atoms with van der Waals surface area (Å²) < 4.78 is 12.5. The van der Waals surface area contributed by atoms with Crippen LogP contribution in [-0.4, -0.2) is 77.8 Å². The first kappa shape index (κ1) is 30.8. The second-order valence-electron chi connectivity index (χ2n) is 11.1. The quantitative estimate of drug-likeness (QED) is 0.242. The van der Waals surface area contributed by atoms with Crippen molar-refractivity contribution < 1.29 is 34.1 Å². The molecule has 2 fully saturated rings. The lowest BCUT2D eigenvalue weighted by atomic mass is 9.84. The average molecular weight is 669 g/mol. The molecular formula is C30H41IN2O7. The number of amides is 2. The highest BCUT2D eigenvalue weighted by Gasteiger charge is 2.43. The zero-order chi connectivity index (χ0) is 28.6. The van der Waals surface area contributed by atoms with Crippen molar-refractivity contribution in [3.05, 3.63) is 32.9 Å². The molecule has 0 aliphatic heterocycles. The Morgan fingerprint density at radius 1 is 1.12 bits per heavy atom. The molecule has 9 nitrogen and oxygen atoms in total. The molecule has 1 aromatic rings. The van der Waals surface area contributed by atoms with Gasteiger partial charge in [-0.15, -0.1) is 0 Å². The van der Waals surface area contributed by atoms with Crippen LogP contribution in [-0.2, 0) is 9.59 Å². The Bertz CT molecular complexity index is 1080. The predicted octanol–water partition coefficient (Wildman–Crippen LogP) is 3.77. The smallest absolute Gasteiger partial charge is 0.247 e. The number of nitrogens with one attached hydrogen (secondary N) is 1. The van der Waals surface area contributed by atoms with Crippen molar-refractivity contribution in [1.82, 2.24) is 10.2 Å². The molecule has 3 aliphatic carbocycles. The summed E-state index contributed by atoms with van der Waals surface area (Å²) >= 11 is 2.05. The van der Waals surface area contributed by atoms with Crippen LogP contribution in [0.2, 0.25) is 0 Å². The summed E-state index contributed by atoms with van der Waals surface area (Å²) in [5.41, 5.74) is 0.831. The minimum atomic E-state index is -1.09. The number of hydrogen-bond acceptors (Lipinski definition) is 7. The third kappa shape index (κ3) is 7.36. The zero-order valence-electron chi connectivity index (χ0n) is 23.1. The monoisotopic (exact) mass is 668 g/mol. The van der Waals surface area contributed by atoms with Crippen molar-refractivity contribution in [3.8, 4) is 11.5 Å². The number of hydrogen-bond donors (Lipinski definition) is 3. The molecule has 3 N–H and O–H groups in total. The number of benzene rings is 1. The van der Waals surface area contributed by atoms with Gasteiger partial charge in [-0.3, -0.25) is 14.4 Å². The molecule has 0 saturated heterocycles. The van der Waals surface area contributed by atoms with E-state index >= 15 is 0 Å². The van der Waals surface area contributed by atoms with Crippen molar-refractivity contribution in [2.75, 3.05) is 20.3 Å². The second-order valence-corrected chi connectivity index (χ2v) is 12.3. The third-order valence-corrected chi connectivity index (χ3v) is 9.21. The van der Waals surface area contributed by atoms with Gasteiger partial charge in [0, 0.05) is 36.6 Å². The zero-order valence-corrected chi connectivity index (χ0v) is 25.3. The SMILES string of the molecule is COc1cc(C=O)cc(I)c1O[C@H]1C=C(C(=O)NCCO)C[C@@H](N(C(=O)CC2CCCC2)C2CCCCC2)[C@@H]1O. The van der Waals surface area contributed by atoms with Crippen LogP contribution >= 0.6 is 22.6 Å². The van der Waals surface area contributed by atoms with Gasteiger partial charge in [0.15, 0.2) is 11.5 Å². The van der Waals surface area contributed by atoms with E-state index in [-0.39, 0.29) is 37.4 Å². The van der Waals surface area contributed by atoms with Crippen molar-refractivity contribution in [3.63, 3.8) is 0 Å². The van der Waals surface area contributed by atoms with Gasteiger partial charge in [-0.25, -0.2) is 0 Å². The Labute approximate surface area is 249 Å². The lowest BCUT2D eigenvalue weighted by molar-refractivity contribution is -0.144. The van der Waals surface area contributed by atoms with E-state index in [9.17, 15) is 24.6 Å². The number of halogens is 1. The molecule has 4 rings (SSSR count). The lowest BCUT2D eigenvalue weighted by Gasteiger charge is -2.45. The first-order chi connectivity index (χ1) is 19.4. The van der Waals surface area contributed by atoms with Crippen molar-refractivity contribution >= 4 is 40.7 Å². The van der Waals surface area contributed by atoms with Gasteiger partial charge in [-0.1, -0.05) is 32.1 Å². The summed E-state index contributed by atoms with van der Waals surface area (Å²) in [5, 5.41) is 23.8. The Kier molecular flexibility index (Phi) is 11.3. The standard InChI is InChI=1S/C30H41IN2O7/c1-39-26-14-20(18-35)13-23(31)29(26)40-25-17-21(30(38)32-11-12-34)16-24(28(25)37)33(22-9-3-2-4-10-22)27(36)15-19-7-5-6-8-19/h13-14,17-19,22,24-25,28,34,37H,2-12,15-16H2,1H3,(H,32,38)/t24-,25+,28+/m1/s1. The highest BCUT2D eigenvalue weighted by atomic mass is 127.